The number of hydrogen-bond acceptors (Lipinski definition) is 5. The molecule has 1 aromatic heterocycles. The van der Waals surface area contributed by atoms with Gasteiger partial charge in [0.15, 0.2) is 0 Å². The quantitative estimate of drug-likeness (QED) is 0.577. The number of hydrogen-bond donors (Lipinski definition) is 3. The number of thioether (sulfide) groups is 1. The van der Waals surface area contributed by atoms with E-state index in [4.69, 9.17) is 5.73 Å². The molecular formula is C14H26N4OS. The van der Waals surface area contributed by atoms with Crippen molar-refractivity contribution in [3.63, 3.8) is 0 Å². The Bertz CT molecular complexity index is 433. The lowest BCUT2D eigenvalue weighted by molar-refractivity contribution is 0.660. The van der Waals surface area contributed by atoms with Crippen LogP contribution in [-0.4, -0.2) is 28.3 Å². The molecular weight excluding hydrogens is 272 g/mol. The molecule has 0 saturated carbocycles. The highest BCUT2D eigenvalue weighted by molar-refractivity contribution is 7.99. The summed E-state index contributed by atoms with van der Waals surface area (Å²) in [5.74, 6) is 1.35. The summed E-state index contributed by atoms with van der Waals surface area (Å²) in [6, 6.07) is 1.57. The molecule has 0 aromatic carbocycles. The molecule has 0 radical (unpaired) electrons. The van der Waals surface area contributed by atoms with Crippen LogP contribution in [0, 0.1) is 0 Å². The minimum atomic E-state index is -0.0926. The van der Waals surface area contributed by atoms with Gasteiger partial charge in [-0.25, -0.2) is 4.98 Å². The smallest absolute Gasteiger partial charge is 0.252 e. The van der Waals surface area contributed by atoms with Crippen LogP contribution in [0.4, 0.5) is 5.95 Å². The predicted octanol–water partition coefficient (Wildman–Crippen LogP) is 2.34. The number of H-pyrrole nitrogens is 1. The Balaban J connectivity index is 2.39. The summed E-state index contributed by atoms with van der Waals surface area (Å²) in [4.78, 5) is 18.7. The summed E-state index contributed by atoms with van der Waals surface area (Å²) in [5.41, 5.74) is 6.19. The Labute approximate surface area is 125 Å². The minimum Gasteiger partial charge on any atom is -0.356 e. The van der Waals surface area contributed by atoms with E-state index in [0.29, 0.717) is 11.2 Å². The highest BCUT2D eigenvalue weighted by Crippen LogP contribution is 2.15. The molecule has 0 amide bonds. The normalized spacial score (nSPS) is 11.0. The molecule has 0 saturated heterocycles. The SMILES string of the molecule is CC(C)SCc1cc(=O)[nH]c(NCCCCCCN)n1. The van der Waals surface area contributed by atoms with Crippen LogP contribution in [-0.2, 0) is 5.75 Å². The Hall–Kier alpha value is -1.01. The maximum absolute atomic E-state index is 11.6. The molecule has 0 aliphatic heterocycles. The second-order valence-electron chi connectivity index (χ2n) is 5.07. The summed E-state index contributed by atoms with van der Waals surface area (Å²) in [7, 11) is 0. The van der Waals surface area contributed by atoms with Gasteiger partial charge in [-0.1, -0.05) is 26.7 Å². The van der Waals surface area contributed by atoms with Crippen LogP contribution in [0.5, 0.6) is 0 Å². The second kappa shape index (κ2) is 9.83. The van der Waals surface area contributed by atoms with E-state index < -0.39 is 0 Å². The molecule has 5 nitrogen and oxygen atoms in total. The van der Waals surface area contributed by atoms with Crippen molar-refractivity contribution >= 4 is 17.7 Å². The molecule has 0 aliphatic rings. The Kier molecular flexibility index (Phi) is 8.37. The lowest BCUT2D eigenvalue weighted by atomic mass is 10.2. The molecule has 20 heavy (non-hydrogen) atoms. The maximum Gasteiger partial charge on any atom is 0.252 e. The minimum absolute atomic E-state index is 0.0926. The van der Waals surface area contributed by atoms with Crippen LogP contribution >= 0.6 is 11.8 Å². The van der Waals surface area contributed by atoms with Crippen molar-refractivity contribution in [2.24, 2.45) is 5.73 Å². The molecule has 1 rings (SSSR count). The lowest BCUT2D eigenvalue weighted by Gasteiger charge is -2.08. The molecule has 0 unspecified atom stereocenters. The Morgan fingerprint density at radius 2 is 2.10 bits per heavy atom. The van der Waals surface area contributed by atoms with Crippen molar-refractivity contribution in [1.82, 2.24) is 9.97 Å². The van der Waals surface area contributed by atoms with Crippen LogP contribution in [0.1, 0.15) is 45.2 Å². The van der Waals surface area contributed by atoms with Crippen molar-refractivity contribution < 1.29 is 0 Å². The van der Waals surface area contributed by atoms with E-state index in [0.717, 1.165) is 50.2 Å². The molecule has 0 spiro atoms. The standard InChI is InChI=1S/C14H26N4OS/c1-11(2)20-10-12-9-13(19)18-14(17-12)16-8-6-4-3-5-7-15/h9,11H,3-8,10,15H2,1-2H3,(H2,16,17,18,19). The van der Waals surface area contributed by atoms with E-state index in [2.05, 4.69) is 29.1 Å². The van der Waals surface area contributed by atoms with Gasteiger partial charge in [-0.05, 0) is 24.6 Å². The topological polar surface area (TPSA) is 83.8 Å². The van der Waals surface area contributed by atoms with Crippen molar-refractivity contribution in [2.75, 3.05) is 18.4 Å². The molecule has 0 bridgehead atoms. The lowest BCUT2D eigenvalue weighted by Crippen LogP contribution is -2.14. The van der Waals surface area contributed by atoms with Crippen molar-refractivity contribution in [2.45, 2.75) is 50.5 Å². The number of aromatic nitrogens is 2. The third kappa shape index (κ3) is 7.55. The Morgan fingerprint density at radius 1 is 1.35 bits per heavy atom. The van der Waals surface area contributed by atoms with Crippen LogP contribution < -0.4 is 16.6 Å². The van der Waals surface area contributed by atoms with Gasteiger partial charge in [-0.3, -0.25) is 9.78 Å². The van der Waals surface area contributed by atoms with Gasteiger partial charge in [0, 0.05) is 18.4 Å². The number of rotatable bonds is 10. The largest absolute Gasteiger partial charge is 0.356 e. The fourth-order valence-corrected chi connectivity index (χ4v) is 2.40. The van der Waals surface area contributed by atoms with E-state index >= 15 is 0 Å². The number of nitrogens with two attached hydrogens (primary N) is 1. The van der Waals surface area contributed by atoms with E-state index in [9.17, 15) is 4.79 Å². The van der Waals surface area contributed by atoms with Crippen molar-refractivity contribution in [1.29, 1.82) is 0 Å². The molecule has 114 valence electrons. The summed E-state index contributed by atoms with van der Waals surface area (Å²) in [6.07, 6.45) is 4.45. The first-order valence-electron chi connectivity index (χ1n) is 7.27. The van der Waals surface area contributed by atoms with Gasteiger partial charge >= 0.3 is 0 Å². The monoisotopic (exact) mass is 298 g/mol. The van der Waals surface area contributed by atoms with Crippen LogP contribution in [0.2, 0.25) is 0 Å². The third-order valence-electron chi connectivity index (χ3n) is 2.78. The molecule has 0 atom stereocenters. The van der Waals surface area contributed by atoms with Crippen LogP contribution in [0.3, 0.4) is 0 Å². The van der Waals surface area contributed by atoms with Crippen LogP contribution in [0.15, 0.2) is 10.9 Å². The molecule has 6 heteroatoms. The van der Waals surface area contributed by atoms with Gasteiger partial charge in [0.25, 0.3) is 5.56 Å². The van der Waals surface area contributed by atoms with Gasteiger partial charge in [0.1, 0.15) is 0 Å². The van der Waals surface area contributed by atoms with E-state index in [1.807, 2.05) is 0 Å². The molecule has 0 fully saturated rings. The summed E-state index contributed by atoms with van der Waals surface area (Å²) in [5, 5.41) is 3.72. The van der Waals surface area contributed by atoms with E-state index in [-0.39, 0.29) is 5.56 Å². The second-order valence-corrected chi connectivity index (χ2v) is 6.64. The first-order chi connectivity index (χ1) is 9.61. The molecule has 1 aromatic rings. The molecule has 4 N–H and O–H groups in total. The number of unbranched alkanes of at least 4 members (excludes halogenated alkanes) is 3. The van der Waals surface area contributed by atoms with E-state index in [1.165, 1.54) is 0 Å². The zero-order valence-electron chi connectivity index (χ0n) is 12.4. The van der Waals surface area contributed by atoms with Gasteiger partial charge < -0.3 is 11.1 Å². The number of aromatic amines is 1. The average Bonchev–Trinajstić information content (AvgIpc) is 2.40. The van der Waals surface area contributed by atoms with Gasteiger partial charge in [-0.2, -0.15) is 11.8 Å². The number of nitrogens with zero attached hydrogens (tertiary/aromatic N) is 1. The van der Waals surface area contributed by atoms with Crippen molar-refractivity contribution in [3.05, 3.63) is 22.1 Å². The first kappa shape index (κ1) is 17.0. The van der Waals surface area contributed by atoms with Crippen LogP contribution in [0.25, 0.3) is 0 Å². The summed E-state index contributed by atoms with van der Waals surface area (Å²) in [6.45, 7) is 5.86. The third-order valence-corrected chi connectivity index (χ3v) is 3.91. The van der Waals surface area contributed by atoms with Gasteiger partial charge in [0.2, 0.25) is 5.95 Å². The Morgan fingerprint density at radius 3 is 2.80 bits per heavy atom. The zero-order valence-corrected chi connectivity index (χ0v) is 13.3. The van der Waals surface area contributed by atoms with E-state index in [1.54, 1.807) is 17.8 Å². The zero-order chi connectivity index (χ0) is 14.8. The summed E-state index contributed by atoms with van der Waals surface area (Å²) >= 11 is 1.78. The fraction of sp³-hybridized carbons (Fsp3) is 0.714. The summed E-state index contributed by atoms with van der Waals surface area (Å²) < 4.78 is 0. The average molecular weight is 298 g/mol. The molecule has 1 heterocycles. The number of nitrogens with one attached hydrogen (secondary N) is 2. The van der Waals surface area contributed by atoms with Gasteiger partial charge in [0.05, 0.1) is 5.69 Å². The molecule has 0 aliphatic carbocycles. The predicted molar refractivity (Wildman–Crippen MR) is 87.3 cm³/mol. The number of anilines is 1. The highest BCUT2D eigenvalue weighted by Gasteiger charge is 2.03. The van der Waals surface area contributed by atoms with Crippen molar-refractivity contribution in [3.8, 4) is 0 Å². The fourth-order valence-electron chi connectivity index (χ4n) is 1.75. The highest BCUT2D eigenvalue weighted by atomic mass is 32.2. The van der Waals surface area contributed by atoms with Gasteiger partial charge in [-0.15, -0.1) is 0 Å². The first-order valence-corrected chi connectivity index (χ1v) is 8.32. The maximum atomic E-state index is 11.6.